The fourth-order valence-electron chi connectivity index (χ4n) is 1.94. The molecule has 18 heavy (non-hydrogen) atoms. The lowest BCUT2D eigenvalue weighted by Crippen LogP contribution is -2.36. The summed E-state index contributed by atoms with van der Waals surface area (Å²) in [6.45, 7) is 4.27. The van der Waals surface area contributed by atoms with Crippen LogP contribution in [0.2, 0.25) is 0 Å². The van der Waals surface area contributed by atoms with Gasteiger partial charge in [-0.3, -0.25) is 5.32 Å². The SMILES string of the molecule is CCCCC(C)NC(C(=O)OC)c1ccccc1. The van der Waals surface area contributed by atoms with Crippen LogP contribution in [0.5, 0.6) is 0 Å². The number of unbranched alkanes of at least 4 members (excludes halogenated alkanes) is 1. The Balaban J connectivity index is 2.71. The van der Waals surface area contributed by atoms with Crippen molar-refractivity contribution >= 4 is 5.97 Å². The Morgan fingerprint density at radius 1 is 1.33 bits per heavy atom. The highest BCUT2D eigenvalue weighted by Gasteiger charge is 2.22. The second kappa shape index (κ2) is 7.88. The van der Waals surface area contributed by atoms with Gasteiger partial charge in [0.05, 0.1) is 7.11 Å². The molecule has 3 heteroatoms. The van der Waals surface area contributed by atoms with Crippen LogP contribution in [0.4, 0.5) is 0 Å². The lowest BCUT2D eigenvalue weighted by Gasteiger charge is -2.21. The van der Waals surface area contributed by atoms with Gasteiger partial charge in [0.25, 0.3) is 0 Å². The lowest BCUT2D eigenvalue weighted by atomic mass is 10.0. The predicted molar refractivity (Wildman–Crippen MR) is 73.3 cm³/mol. The van der Waals surface area contributed by atoms with Crippen molar-refractivity contribution in [2.45, 2.75) is 45.2 Å². The minimum atomic E-state index is -0.372. The molecule has 100 valence electrons. The van der Waals surface area contributed by atoms with Gasteiger partial charge in [0.15, 0.2) is 0 Å². The summed E-state index contributed by atoms with van der Waals surface area (Å²) in [5.74, 6) is -0.232. The van der Waals surface area contributed by atoms with E-state index in [1.807, 2.05) is 30.3 Å². The van der Waals surface area contributed by atoms with Gasteiger partial charge in [-0.25, -0.2) is 4.79 Å². The number of rotatable bonds is 7. The van der Waals surface area contributed by atoms with Crippen LogP contribution in [0, 0.1) is 0 Å². The van der Waals surface area contributed by atoms with Crippen LogP contribution in [0.1, 0.15) is 44.7 Å². The van der Waals surface area contributed by atoms with Crippen molar-refractivity contribution in [2.24, 2.45) is 0 Å². The van der Waals surface area contributed by atoms with Crippen LogP contribution in [0.15, 0.2) is 30.3 Å². The average Bonchev–Trinajstić information content (AvgIpc) is 2.42. The third-order valence-corrected chi connectivity index (χ3v) is 3.01. The van der Waals surface area contributed by atoms with Crippen LogP contribution < -0.4 is 5.32 Å². The van der Waals surface area contributed by atoms with Gasteiger partial charge in [-0.1, -0.05) is 50.1 Å². The third-order valence-electron chi connectivity index (χ3n) is 3.01. The van der Waals surface area contributed by atoms with Gasteiger partial charge in [-0.05, 0) is 18.9 Å². The van der Waals surface area contributed by atoms with Gasteiger partial charge in [-0.2, -0.15) is 0 Å². The van der Waals surface area contributed by atoms with Crippen molar-refractivity contribution in [1.29, 1.82) is 0 Å². The maximum Gasteiger partial charge on any atom is 0.327 e. The van der Waals surface area contributed by atoms with Gasteiger partial charge in [-0.15, -0.1) is 0 Å². The minimum Gasteiger partial charge on any atom is -0.468 e. The number of methoxy groups -OCH3 is 1. The molecule has 1 aromatic carbocycles. The predicted octanol–water partition coefficient (Wildman–Crippen LogP) is 3.07. The highest BCUT2D eigenvalue weighted by molar-refractivity contribution is 5.77. The highest BCUT2D eigenvalue weighted by atomic mass is 16.5. The van der Waals surface area contributed by atoms with E-state index >= 15 is 0 Å². The van der Waals surface area contributed by atoms with Crippen molar-refractivity contribution in [3.05, 3.63) is 35.9 Å². The summed E-state index contributed by atoms with van der Waals surface area (Å²) in [6, 6.07) is 9.63. The molecule has 0 heterocycles. The molecule has 0 bridgehead atoms. The molecule has 3 nitrogen and oxygen atoms in total. The van der Waals surface area contributed by atoms with E-state index in [2.05, 4.69) is 19.2 Å². The number of nitrogens with one attached hydrogen (secondary N) is 1. The zero-order valence-corrected chi connectivity index (χ0v) is 11.5. The maximum absolute atomic E-state index is 11.8. The molecule has 0 aliphatic heterocycles. The van der Waals surface area contributed by atoms with Gasteiger partial charge < -0.3 is 4.74 Å². The number of carbonyl (C=O) groups is 1. The van der Waals surface area contributed by atoms with Gasteiger partial charge in [0.1, 0.15) is 6.04 Å². The second-order valence-electron chi connectivity index (χ2n) is 4.58. The smallest absolute Gasteiger partial charge is 0.327 e. The molecule has 0 aromatic heterocycles. The fourth-order valence-corrected chi connectivity index (χ4v) is 1.94. The Labute approximate surface area is 110 Å². The Morgan fingerprint density at radius 2 is 2.00 bits per heavy atom. The van der Waals surface area contributed by atoms with E-state index in [9.17, 15) is 4.79 Å². The summed E-state index contributed by atoms with van der Waals surface area (Å²) in [6.07, 6.45) is 3.40. The summed E-state index contributed by atoms with van der Waals surface area (Å²) in [5.41, 5.74) is 0.952. The zero-order chi connectivity index (χ0) is 13.4. The molecule has 0 amide bonds. The van der Waals surface area contributed by atoms with E-state index in [0.717, 1.165) is 18.4 Å². The Morgan fingerprint density at radius 3 is 2.56 bits per heavy atom. The average molecular weight is 249 g/mol. The molecule has 0 spiro atoms. The first-order valence-electron chi connectivity index (χ1n) is 6.57. The Hall–Kier alpha value is -1.35. The quantitative estimate of drug-likeness (QED) is 0.755. The van der Waals surface area contributed by atoms with E-state index in [1.54, 1.807) is 0 Å². The van der Waals surface area contributed by atoms with Gasteiger partial charge in [0.2, 0.25) is 0 Å². The van der Waals surface area contributed by atoms with E-state index in [-0.39, 0.29) is 12.0 Å². The topological polar surface area (TPSA) is 38.3 Å². The molecule has 1 rings (SSSR count). The molecule has 0 aliphatic rings. The van der Waals surface area contributed by atoms with Crippen molar-refractivity contribution in [3.8, 4) is 0 Å². The number of ether oxygens (including phenoxy) is 1. The molecular formula is C15H23NO2. The molecule has 2 atom stereocenters. The first kappa shape index (κ1) is 14.7. The summed E-state index contributed by atoms with van der Waals surface area (Å²) < 4.78 is 4.87. The summed E-state index contributed by atoms with van der Waals surface area (Å²) >= 11 is 0. The van der Waals surface area contributed by atoms with E-state index in [0.29, 0.717) is 6.04 Å². The molecule has 2 unspecified atom stereocenters. The third kappa shape index (κ3) is 4.49. The number of hydrogen-bond acceptors (Lipinski definition) is 3. The van der Waals surface area contributed by atoms with E-state index in [4.69, 9.17) is 4.74 Å². The van der Waals surface area contributed by atoms with E-state index < -0.39 is 0 Å². The van der Waals surface area contributed by atoms with Crippen LogP contribution >= 0.6 is 0 Å². The Kier molecular flexibility index (Phi) is 6.44. The molecule has 1 N–H and O–H groups in total. The standard InChI is InChI=1S/C15H23NO2/c1-4-5-9-12(2)16-14(15(17)18-3)13-10-7-6-8-11-13/h6-8,10-12,14,16H,4-5,9H2,1-3H3. The molecular weight excluding hydrogens is 226 g/mol. The van der Waals surface area contributed by atoms with Crippen molar-refractivity contribution in [2.75, 3.05) is 7.11 Å². The van der Waals surface area contributed by atoms with Crippen molar-refractivity contribution < 1.29 is 9.53 Å². The molecule has 0 saturated carbocycles. The molecule has 0 fully saturated rings. The lowest BCUT2D eigenvalue weighted by molar-refractivity contribution is -0.143. The van der Waals surface area contributed by atoms with Crippen molar-refractivity contribution in [3.63, 3.8) is 0 Å². The molecule has 0 radical (unpaired) electrons. The summed E-state index contributed by atoms with van der Waals surface area (Å²) in [5, 5.41) is 3.34. The first-order valence-corrected chi connectivity index (χ1v) is 6.57. The van der Waals surface area contributed by atoms with Gasteiger partial charge >= 0.3 is 5.97 Å². The van der Waals surface area contributed by atoms with E-state index in [1.165, 1.54) is 13.5 Å². The first-order chi connectivity index (χ1) is 8.69. The zero-order valence-electron chi connectivity index (χ0n) is 11.5. The normalized spacial score (nSPS) is 13.9. The fraction of sp³-hybridized carbons (Fsp3) is 0.533. The van der Waals surface area contributed by atoms with Gasteiger partial charge in [0, 0.05) is 6.04 Å². The molecule has 0 saturated heterocycles. The highest BCUT2D eigenvalue weighted by Crippen LogP contribution is 2.16. The van der Waals surface area contributed by atoms with Crippen LogP contribution in [0.25, 0.3) is 0 Å². The second-order valence-corrected chi connectivity index (χ2v) is 4.58. The number of carbonyl (C=O) groups excluding carboxylic acids is 1. The minimum absolute atomic E-state index is 0.232. The molecule has 1 aromatic rings. The summed E-state index contributed by atoms with van der Waals surface area (Å²) in [4.78, 5) is 11.8. The van der Waals surface area contributed by atoms with Crippen LogP contribution in [0.3, 0.4) is 0 Å². The van der Waals surface area contributed by atoms with Crippen molar-refractivity contribution in [1.82, 2.24) is 5.32 Å². The summed E-state index contributed by atoms with van der Waals surface area (Å²) in [7, 11) is 1.43. The monoisotopic (exact) mass is 249 g/mol. The number of hydrogen-bond donors (Lipinski definition) is 1. The number of benzene rings is 1. The molecule has 0 aliphatic carbocycles. The Bertz CT molecular complexity index is 351. The van der Waals surface area contributed by atoms with Crippen LogP contribution in [-0.2, 0) is 9.53 Å². The number of esters is 1. The largest absolute Gasteiger partial charge is 0.468 e. The van der Waals surface area contributed by atoms with Crippen LogP contribution in [-0.4, -0.2) is 19.1 Å². The maximum atomic E-state index is 11.8.